The predicted octanol–water partition coefficient (Wildman–Crippen LogP) is 3.07. The molecule has 0 spiro atoms. The first-order chi connectivity index (χ1) is 15.6. The summed E-state index contributed by atoms with van der Waals surface area (Å²) in [5.41, 5.74) is 0.749. The number of hydrogen-bond acceptors (Lipinski definition) is 5. The second-order valence-corrected chi connectivity index (χ2v) is 8.30. The summed E-state index contributed by atoms with van der Waals surface area (Å²) in [5.74, 6) is -1.09. The Morgan fingerprint density at radius 2 is 1.61 bits per heavy atom. The Labute approximate surface area is 194 Å². The zero-order valence-electron chi connectivity index (χ0n) is 19.8. The van der Waals surface area contributed by atoms with Gasteiger partial charge in [0.1, 0.15) is 17.0 Å². The average Bonchev–Trinajstić information content (AvgIpc) is 2.78. The highest BCUT2D eigenvalue weighted by atomic mass is 16.5. The maximum atomic E-state index is 13.4. The molecule has 2 aromatic carbocycles. The quantitative estimate of drug-likeness (QED) is 0.538. The first kappa shape index (κ1) is 25.7. The van der Waals surface area contributed by atoms with Gasteiger partial charge in [0.15, 0.2) is 0 Å². The van der Waals surface area contributed by atoms with E-state index in [1.807, 2.05) is 37.3 Å². The number of amides is 2. The van der Waals surface area contributed by atoms with Crippen molar-refractivity contribution in [2.45, 2.75) is 39.2 Å². The standard InChI is InChI=1S/C25H32N2O6/c1-17-20(32-4)14-19(15-21(17)33-5)23(29)27(13-9-12-18-10-7-6-8-11-18)16-22(28)26-25(2,3)24(30)31/h6-8,10-11,14-15H,9,12-13,16H2,1-5H3,(H,26,28)(H,30,31). The lowest BCUT2D eigenvalue weighted by Gasteiger charge is -2.26. The summed E-state index contributed by atoms with van der Waals surface area (Å²) in [7, 11) is 3.02. The first-order valence-electron chi connectivity index (χ1n) is 10.7. The van der Waals surface area contributed by atoms with Gasteiger partial charge >= 0.3 is 5.97 Å². The third kappa shape index (κ3) is 6.97. The Bertz CT molecular complexity index is 963. The van der Waals surface area contributed by atoms with Gasteiger partial charge in [-0.2, -0.15) is 0 Å². The highest BCUT2D eigenvalue weighted by Gasteiger charge is 2.30. The molecular formula is C25H32N2O6. The van der Waals surface area contributed by atoms with Crippen LogP contribution in [0.1, 0.15) is 41.8 Å². The van der Waals surface area contributed by atoms with Gasteiger partial charge in [0.25, 0.3) is 5.91 Å². The Kier molecular flexibility index (Phi) is 8.85. The van der Waals surface area contributed by atoms with E-state index in [0.717, 1.165) is 17.5 Å². The molecule has 0 radical (unpaired) electrons. The normalized spacial score (nSPS) is 10.9. The van der Waals surface area contributed by atoms with Crippen LogP contribution < -0.4 is 14.8 Å². The summed E-state index contributed by atoms with van der Waals surface area (Å²) in [4.78, 5) is 38.8. The van der Waals surface area contributed by atoms with E-state index in [9.17, 15) is 19.5 Å². The number of benzene rings is 2. The molecule has 0 aliphatic heterocycles. The number of aryl methyl sites for hydroxylation is 1. The molecule has 178 valence electrons. The molecule has 0 saturated carbocycles. The van der Waals surface area contributed by atoms with Crippen molar-refractivity contribution in [2.75, 3.05) is 27.3 Å². The van der Waals surface area contributed by atoms with E-state index < -0.39 is 17.4 Å². The molecule has 2 rings (SSSR count). The number of aliphatic carboxylic acids is 1. The van der Waals surface area contributed by atoms with Crippen LogP contribution in [-0.4, -0.2) is 60.6 Å². The number of ether oxygens (including phenoxy) is 2. The Hall–Kier alpha value is -3.55. The minimum Gasteiger partial charge on any atom is -0.496 e. The number of carbonyl (C=O) groups excluding carboxylic acids is 2. The maximum Gasteiger partial charge on any atom is 0.328 e. The van der Waals surface area contributed by atoms with Gasteiger partial charge in [-0.05, 0) is 51.3 Å². The van der Waals surface area contributed by atoms with Crippen LogP contribution in [0.2, 0.25) is 0 Å². The largest absolute Gasteiger partial charge is 0.496 e. The lowest BCUT2D eigenvalue weighted by molar-refractivity contribution is -0.146. The Balaban J connectivity index is 2.25. The van der Waals surface area contributed by atoms with Crippen molar-refractivity contribution < 1.29 is 29.0 Å². The van der Waals surface area contributed by atoms with E-state index in [2.05, 4.69) is 5.32 Å². The number of nitrogens with one attached hydrogen (secondary N) is 1. The second kappa shape index (κ2) is 11.4. The molecule has 8 heteroatoms. The summed E-state index contributed by atoms with van der Waals surface area (Å²) >= 11 is 0. The van der Waals surface area contributed by atoms with Gasteiger partial charge in [-0.1, -0.05) is 30.3 Å². The van der Waals surface area contributed by atoms with Gasteiger partial charge in [-0.15, -0.1) is 0 Å². The molecule has 0 saturated heterocycles. The molecule has 0 aliphatic carbocycles. The molecule has 0 atom stereocenters. The maximum absolute atomic E-state index is 13.4. The third-order valence-corrected chi connectivity index (χ3v) is 5.34. The molecule has 0 aromatic heterocycles. The SMILES string of the molecule is COc1cc(C(=O)N(CCCc2ccccc2)CC(=O)NC(C)(C)C(=O)O)cc(OC)c1C. The summed E-state index contributed by atoms with van der Waals surface area (Å²) in [6, 6.07) is 13.1. The number of rotatable bonds is 11. The van der Waals surface area contributed by atoms with Crippen molar-refractivity contribution in [1.29, 1.82) is 0 Å². The van der Waals surface area contributed by atoms with Crippen LogP contribution in [0.15, 0.2) is 42.5 Å². The van der Waals surface area contributed by atoms with Gasteiger partial charge in [-0.3, -0.25) is 9.59 Å². The summed E-state index contributed by atoms with van der Waals surface area (Å²) in [6.07, 6.45) is 1.36. The summed E-state index contributed by atoms with van der Waals surface area (Å²) < 4.78 is 10.8. The molecule has 0 fully saturated rings. The van der Waals surface area contributed by atoms with Gasteiger partial charge in [0.05, 0.1) is 20.8 Å². The van der Waals surface area contributed by atoms with Crippen LogP contribution in [0.25, 0.3) is 0 Å². The van der Waals surface area contributed by atoms with Crippen molar-refractivity contribution in [3.8, 4) is 11.5 Å². The van der Waals surface area contributed by atoms with Crippen LogP contribution in [0, 0.1) is 6.92 Å². The number of methoxy groups -OCH3 is 2. The van der Waals surface area contributed by atoms with Gasteiger partial charge in [0.2, 0.25) is 5.91 Å². The van der Waals surface area contributed by atoms with E-state index in [1.165, 1.54) is 33.0 Å². The predicted molar refractivity (Wildman–Crippen MR) is 125 cm³/mol. The number of carboxylic acid groups (broad SMARTS) is 1. The van der Waals surface area contributed by atoms with Crippen LogP contribution in [0.5, 0.6) is 11.5 Å². The monoisotopic (exact) mass is 456 g/mol. The van der Waals surface area contributed by atoms with E-state index in [0.29, 0.717) is 30.0 Å². The average molecular weight is 457 g/mol. The smallest absolute Gasteiger partial charge is 0.328 e. The zero-order chi connectivity index (χ0) is 24.6. The lowest BCUT2D eigenvalue weighted by Crippen LogP contribution is -2.53. The Morgan fingerprint density at radius 3 is 2.12 bits per heavy atom. The molecule has 2 N–H and O–H groups in total. The van der Waals surface area contributed by atoms with Gasteiger partial charge < -0.3 is 24.8 Å². The molecule has 8 nitrogen and oxygen atoms in total. The van der Waals surface area contributed by atoms with Crippen molar-refractivity contribution in [3.05, 3.63) is 59.2 Å². The number of carboxylic acids is 1. The number of nitrogens with zero attached hydrogens (tertiary/aromatic N) is 1. The van der Waals surface area contributed by atoms with E-state index in [-0.39, 0.29) is 12.5 Å². The van der Waals surface area contributed by atoms with Crippen LogP contribution in [-0.2, 0) is 16.0 Å². The molecule has 2 amide bonds. The van der Waals surface area contributed by atoms with Crippen LogP contribution in [0.3, 0.4) is 0 Å². The lowest BCUT2D eigenvalue weighted by atomic mass is 10.1. The highest BCUT2D eigenvalue weighted by molar-refractivity contribution is 5.98. The highest BCUT2D eigenvalue weighted by Crippen LogP contribution is 2.30. The van der Waals surface area contributed by atoms with Crippen molar-refractivity contribution in [1.82, 2.24) is 10.2 Å². The molecule has 33 heavy (non-hydrogen) atoms. The van der Waals surface area contributed by atoms with Gasteiger partial charge in [-0.25, -0.2) is 4.79 Å². The fourth-order valence-corrected chi connectivity index (χ4v) is 3.38. The summed E-state index contributed by atoms with van der Waals surface area (Å²) in [5, 5.41) is 11.8. The van der Waals surface area contributed by atoms with Gasteiger partial charge in [0, 0.05) is 17.7 Å². The minimum absolute atomic E-state index is 0.275. The minimum atomic E-state index is -1.45. The van der Waals surface area contributed by atoms with Crippen molar-refractivity contribution in [2.24, 2.45) is 0 Å². The fraction of sp³-hybridized carbons (Fsp3) is 0.400. The van der Waals surface area contributed by atoms with E-state index in [1.54, 1.807) is 12.1 Å². The molecule has 0 bridgehead atoms. The second-order valence-electron chi connectivity index (χ2n) is 8.30. The third-order valence-electron chi connectivity index (χ3n) is 5.34. The van der Waals surface area contributed by atoms with Crippen molar-refractivity contribution in [3.63, 3.8) is 0 Å². The summed E-state index contributed by atoms with van der Waals surface area (Å²) in [6.45, 7) is 4.65. The fourth-order valence-electron chi connectivity index (χ4n) is 3.38. The topological polar surface area (TPSA) is 105 Å². The molecule has 0 heterocycles. The number of carbonyl (C=O) groups is 3. The first-order valence-corrected chi connectivity index (χ1v) is 10.7. The molecule has 0 aliphatic rings. The zero-order valence-corrected chi connectivity index (χ0v) is 19.8. The molecule has 0 unspecified atom stereocenters. The van der Waals surface area contributed by atoms with E-state index in [4.69, 9.17) is 9.47 Å². The van der Waals surface area contributed by atoms with E-state index >= 15 is 0 Å². The molecular weight excluding hydrogens is 424 g/mol. The Morgan fingerprint density at radius 1 is 1.03 bits per heavy atom. The van der Waals surface area contributed by atoms with Crippen LogP contribution in [0.4, 0.5) is 0 Å². The molecule has 2 aromatic rings. The van der Waals surface area contributed by atoms with Crippen molar-refractivity contribution >= 4 is 17.8 Å². The number of hydrogen-bond donors (Lipinski definition) is 2. The van der Waals surface area contributed by atoms with Crippen LogP contribution >= 0.6 is 0 Å².